The predicted molar refractivity (Wildman–Crippen MR) is 142 cm³/mol. The van der Waals surface area contributed by atoms with Crippen LogP contribution in [0.15, 0.2) is 61.2 Å². The average Bonchev–Trinajstić information content (AvgIpc) is 2.91. The maximum absolute atomic E-state index is 13.7. The van der Waals surface area contributed by atoms with Crippen LogP contribution in [-0.2, 0) is 9.59 Å². The highest BCUT2D eigenvalue weighted by atomic mass is 16.5. The first-order chi connectivity index (χ1) is 18.2. The topological polar surface area (TPSA) is 140 Å². The van der Waals surface area contributed by atoms with E-state index in [0.717, 1.165) is 5.56 Å². The van der Waals surface area contributed by atoms with Gasteiger partial charge in [-0.15, -0.1) is 6.58 Å². The number of anilines is 1. The maximum atomic E-state index is 13.7. The molecule has 1 fully saturated rings. The Bertz CT molecular complexity index is 1170. The predicted octanol–water partition coefficient (Wildman–Crippen LogP) is 3.10. The van der Waals surface area contributed by atoms with Crippen LogP contribution in [0.5, 0.6) is 5.75 Å². The van der Waals surface area contributed by atoms with Gasteiger partial charge in [-0.05, 0) is 43.2 Å². The summed E-state index contributed by atoms with van der Waals surface area (Å²) in [5.74, 6) is -1.16. The van der Waals surface area contributed by atoms with Crippen molar-refractivity contribution in [3.63, 3.8) is 0 Å². The summed E-state index contributed by atoms with van der Waals surface area (Å²) in [6, 6.07) is 11.8. The van der Waals surface area contributed by atoms with Gasteiger partial charge >= 0.3 is 18.0 Å². The molecular formula is C27H33N5O6. The number of ether oxygens (including phenoxy) is 1. The van der Waals surface area contributed by atoms with E-state index < -0.39 is 36.1 Å². The number of hydrogen-bond acceptors (Lipinski definition) is 5. The lowest BCUT2D eigenvalue weighted by molar-refractivity contribution is -0.138. The Balaban J connectivity index is 1.90. The van der Waals surface area contributed by atoms with Gasteiger partial charge in [0, 0.05) is 25.3 Å². The zero-order valence-corrected chi connectivity index (χ0v) is 21.5. The first kappa shape index (κ1) is 28.0. The van der Waals surface area contributed by atoms with Crippen LogP contribution in [0, 0.1) is 6.92 Å². The second-order valence-corrected chi connectivity index (χ2v) is 8.82. The van der Waals surface area contributed by atoms with Crippen molar-refractivity contribution in [1.82, 2.24) is 20.4 Å². The molecular weight excluding hydrogens is 490 g/mol. The van der Waals surface area contributed by atoms with Crippen molar-refractivity contribution >= 4 is 29.6 Å². The van der Waals surface area contributed by atoms with E-state index >= 15 is 0 Å². The zero-order valence-electron chi connectivity index (χ0n) is 21.5. The molecule has 0 saturated carbocycles. The Morgan fingerprint density at radius 2 is 1.79 bits per heavy atom. The van der Waals surface area contributed by atoms with Crippen LogP contribution < -0.4 is 20.7 Å². The Hall–Kier alpha value is -4.54. The van der Waals surface area contributed by atoms with Crippen molar-refractivity contribution in [3.05, 3.63) is 72.3 Å². The van der Waals surface area contributed by atoms with E-state index in [9.17, 15) is 24.3 Å². The summed E-state index contributed by atoms with van der Waals surface area (Å²) in [6.45, 7) is 6.06. The molecule has 1 heterocycles. The molecule has 0 aromatic heterocycles. The molecule has 2 aromatic rings. The van der Waals surface area contributed by atoms with Gasteiger partial charge in [0.1, 0.15) is 5.75 Å². The summed E-state index contributed by atoms with van der Waals surface area (Å²) >= 11 is 0. The average molecular weight is 524 g/mol. The molecule has 0 bridgehead atoms. The molecule has 202 valence electrons. The van der Waals surface area contributed by atoms with Crippen molar-refractivity contribution in [2.45, 2.75) is 32.0 Å². The molecule has 4 N–H and O–H groups in total. The van der Waals surface area contributed by atoms with Crippen molar-refractivity contribution in [1.29, 1.82) is 0 Å². The number of carboxylic acids is 1. The Kier molecular flexibility index (Phi) is 9.69. The zero-order chi connectivity index (χ0) is 27.7. The number of aliphatic carboxylic acids is 1. The molecule has 1 aliphatic rings. The molecule has 2 atom stereocenters. The SMILES string of the molecule is C=CCNC(=O)N1CCCN(C(=O)Nc2ccc(OC)cc2)C1C(=O)NC(CC(=O)O)c1cccc(C)c1. The van der Waals surface area contributed by atoms with Crippen LogP contribution in [0.1, 0.15) is 30.0 Å². The summed E-state index contributed by atoms with van der Waals surface area (Å²) in [5.41, 5.74) is 1.98. The third-order valence-corrected chi connectivity index (χ3v) is 6.02. The van der Waals surface area contributed by atoms with Crippen LogP contribution in [0.25, 0.3) is 0 Å². The summed E-state index contributed by atoms with van der Waals surface area (Å²) < 4.78 is 5.14. The molecule has 0 spiro atoms. The number of nitrogens with one attached hydrogen (secondary N) is 3. The van der Waals surface area contributed by atoms with Gasteiger partial charge in [-0.1, -0.05) is 35.9 Å². The van der Waals surface area contributed by atoms with E-state index in [1.807, 2.05) is 13.0 Å². The molecule has 11 nitrogen and oxygen atoms in total. The number of urea groups is 2. The Morgan fingerprint density at radius 3 is 2.39 bits per heavy atom. The summed E-state index contributed by atoms with van der Waals surface area (Å²) in [7, 11) is 1.53. The number of aryl methyl sites for hydroxylation is 1. The fourth-order valence-electron chi connectivity index (χ4n) is 4.22. The van der Waals surface area contributed by atoms with Crippen LogP contribution in [0.3, 0.4) is 0 Å². The maximum Gasteiger partial charge on any atom is 0.323 e. The normalized spacial score (nSPS) is 15.7. The van der Waals surface area contributed by atoms with Gasteiger partial charge in [0.05, 0.1) is 19.6 Å². The smallest absolute Gasteiger partial charge is 0.323 e. The van der Waals surface area contributed by atoms with Crippen molar-refractivity contribution in [3.8, 4) is 5.75 Å². The van der Waals surface area contributed by atoms with E-state index in [2.05, 4.69) is 22.5 Å². The lowest BCUT2D eigenvalue weighted by Crippen LogP contribution is -2.65. The number of rotatable bonds is 9. The molecule has 5 amide bonds. The Labute approximate surface area is 221 Å². The molecule has 0 radical (unpaired) electrons. The van der Waals surface area contributed by atoms with Gasteiger partial charge < -0.3 is 25.8 Å². The van der Waals surface area contributed by atoms with Crippen molar-refractivity contribution in [2.75, 3.05) is 32.1 Å². The lowest BCUT2D eigenvalue weighted by Gasteiger charge is -2.42. The minimum atomic E-state index is -1.31. The third kappa shape index (κ3) is 7.25. The number of carboxylic acid groups (broad SMARTS) is 1. The fourth-order valence-corrected chi connectivity index (χ4v) is 4.22. The highest BCUT2D eigenvalue weighted by Crippen LogP contribution is 2.23. The molecule has 11 heteroatoms. The largest absolute Gasteiger partial charge is 0.497 e. The third-order valence-electron chi connectivity index (χ3n) is 6.02. The number of carbonyl (C=O) groups excluding carboxylic acids is 3. The van der Waals surface area contributed by atoms with Gasteiger partial charge in [-0.2, -0.15) is 0 Å². The van der Waals surface area contributed by atoms with Crippen LogP contribution >= 0.6 is 0 Å². The molecule has 3 rings (SSSR count). The first-order valence-corrected chi connectivity index (χ1v) is 12.2. The van der Waals surface area contributed by atoms with E-state index in [-0.39, 0.29) is 26.1 Å². The number of carbonyl (C=O) groups is 4. The summed E-state index contributed by atoms with van der Waals surface area (Å²) in [6.07, 6.45) is 0.263. The number of benzene rings is 2. The van der Waals surface area contributed by atoms with Gasteiger partial charge in [0.2, 0.25) is 0 Å². The van der Waals surface area contributed by atoms with Gasteiger partial charge in [-0.3, -0.25) is 19.4 Å². The van der Waals surface area contributed by atoms with Crippen LogP contribution in [0.4, 0.5) is 15.3 Å². The minimum absolute atomic E-state index is 0.173. The minimum Gasteiger partial charge on any atom is -0.497 e. The summed E-state index contributed by atoms with van der Waals surface area (Å²) in [4.78, 5) is 54.2. The molecule has 2 aromatic carbocycles. The van der Waals surface area contributed by atoms with E-state index in [0.29, 0.717) is 23.4 Å². The second kappa shape index (κ2) is 13.1. The van der Waals surface area contributed by atoms with Gasteiger partial charge in [0.15, 0.2) is 6.17 Å². The molecule has 38 heavy (non-hydrogen) atoms. The quantitative estimate of drug-likeness (QED) is 0.373. The molecule has 0 aliphatic carbocycles. The number of nitrogens with zero attached hydrogens (tertiary/aromatic N) is 2. The first-order valence-electron chi connectivity index (χ1n) is 12.2. The molecule has 1 aliphatic heterocycles. The lowest BCUT2D eigenvalue weighted by atomic mass is 10.0. The van der Waals surface area contributed by atoms with Crippen molar-refractivity contribution < 1.29 is 29.0 Å². The van der Waals surface area contributed by atoms with Crippen molar-refractivity contribution in [2.24, 2.45) is 0 Å². The van der Waals surface area contributed by atoms with Gasteiger partial charge in [-0.25, -0.2) is 9.59 Å². The van der Waals surface area contributed by atoms with E-state index in [1.165, 1.54) is 23.0 Å². The number of hydrogen-bond donors (Lipinski definition) is 4. The standard InChI is InChI=1S/C27H33N5O6/c1-4-13-28-26(36)31-14-6-15-32(27(37)29-20-9-11-21(38-3)12-10-20)25(31)24(35)30-22(17-23(33)34)19-8-5-7-18(2)16-19/h4-5,7-12,16,22,25H,1,6,13-15,17H2,2-3H3,(H,28,36)(H,29,37)(H,30,35)(H,33,34). The van der Waals surface area contributed by atoms with Gasteiger partial charge in [0.25, 0.3) is 5.91 Å². The van der Waals surface area contributed by atoms with E-state index in [1.54, 1.807) is 42.5 Å². The highest BCUT2D eigenvalue weighted by molar-refractivity contribution is 5.95. The second-order valence-electron chi connectivity index (χ2n) is 8.82. The van der Waals surface area contributed by atoms with E-state index in [4.69, 9.17) is 4.74 Å². The number of amides is 5. The Morgan fingerprint density at radius 1 is 1.11 bits per heavy atom. The van der Waals surface area contributed by atoms with Crippen LogP contribution in [0.2, 0.25) is 0 Å². The highest BCUT2D eigenvalue weighted by Gasteiger charge is 2.41. The summed E-state index contributed by atoms with van der Waals surface area (Å²) in [5, 5.41) is 17.7. The van der Waals surface area contributed by atoms with Crippen LogP contribution in [-0.4, -0.2) is 71.8 Å². The molecule has 2 unspecified atom stereocenters. The molecule has 1 saturated heterocycles. The monoisotopic (exact) mass is 523 g/mol. The number of methoxy groups -OCH3 is 1. The fraction of sp³-hybridized carbons (Fsp3) is 0.333.